The van der Waals surface area contributed by atoms with E-state index in [2.05, 4.69) is 10.0 Å². The third kappa shape index (κ3) is 5.32. The zero-order chi connectivity index (χ0) is 16.1. The summed E-state index contributed by atoms with van der Waals surface area (Å²) in [5.41, 5.74) is 0.515. The van der Waals surface area contributed by atoms with Crippen molar-refractivity contribution in [2.75, 3.05) is 7.05 Å². The molecule has 6 heteroatoms. The van der Waals surface area contributed by atoms with Crippen LogP contribution in [0.4, 0.5) is 0 Å². The summed E-state index contributed by atoms with van der Waals surface area (Å²) in [4.78, 5) is 12.0. The van der Waals surface area contributed by atoms with E-state index in [1.165, 1.54) is 25.3 Å². The maximum Gasteiger partial charge on any atom is 0.244 e. The molecule has 0 spiro atoms. The lowest BCUT2D eigenvalue weighted by molar-refractivity contribution is -0.117. The molecular weight excluding hydrogens is 288 g/mol. The SMILES string of the molecule is CCC(C)(C)NC(=O)/C=C/c1ccc(S(=O)(=O)NC)cc1. The van der Waals surface area contributed by atoms with Gasteiger partial charge in [-0.25, -0.2) is 13.1 Å². The van der Waals surface area contributed by atoms with E-state index in [-0.39, 0.29) is 16.3 Å². The lowest BCUT2D eigenvalue weighted by Crippen LogP contribution is -2.41. The smallest absolute Gasteiger partial charge is 0.244 e. The molecule has 2 N–H and O–H groups in total. The standard InChI is InChI=1S/C15H22N2O3S/c1-5-15(2,3)17-14(18)11-8-12-6-9-13(10-7-12)21(19,20)16-4/h6-11,16H,5H2,1-4H3,(H,17,18)/b11-8+. The Hall–Kier alpha value is -1.66. The summed E-state index contributed by atoms with van der Waals surface area (Å²) in [5.74, 6) is -0.172. The Morgan fingerprint density at radius 2 is 1.81 bits per heavy atom. The van der Waals surface area contributed by atoms with Gasteiger partial charge in [0.15, 0.2) is 0 Å². The summed E-state index contributed by atoms with van der Waals surface area (Å²) in [7, 11) is -2.06. The molecule has 0 saturated heterocycles. The highest BCUT2D eigenvalue weighted by Gasteiger charge is 2.15. The van der Waals surface area contributed by atoms with Crippen molar-refractivity contribution in [3.8, 4) is 0 Å². The molecule has 1 rings (SSSR count). The molecule has 0 radical (unpaired) electrons. The van der Waals surface area contributed by atoms with Gasteiger partial charge in [0.05, 0.1) is 4.90 Å². The highest BCUT2D eigenvalue weighted by molar-refractivity contribution is 7.89. The van der Waals surface area contributed by atoms with Crippen molar-refractivity contribution in [2.24, 2.45) is 0 Å². The Morgan fingerprint density at radius 3 is 2.29 bits per heavy atom. The normalized spacial score (nSPS) is 12.6. The average molecular weight is 310 g/mol. The Bertz CT molecular complexity index is 617. The number of hydrogen-bond acceptors (Lipinski definition) is 3. The molecule has 0 bridgehead atoms. The van der Waals surface area contributed by atoms with Crippen molar-refractivity contribution in [3.63, 3.8) is 0 Å². The molecule has 0 fully saturated rings. The number of amides is 1. The first-order chi connectivity index (χ1) is 9.70. The molecule has 5 nitrogen and oxygen atoms in total. The zero-order valence-electron chi connectivity index (χ0n) is 12.8. The predicted octanol–water partition coefficient (Wildman–Crippen LogP) is 1.91. The van der Waals surface area contributed by atoms with Gasteiger partial charge in [-0.3, -0.25) is 4.79 Å². The number of sulfonamides is 1. The van der Waals surface area contributed by atoms with Crippen LogP contribution in [0.15, 0.2) is 35.2 Å². The summed E-state index contributed by atoms with van der Waals surface area (Å²) >= 11 is 0. The van der Waals surface area contributed by atoms with Gasteiger partial charge in [0.2, 0.25) is 15.9 Å². The molecular formula is C15H22N2O3S. The van der Waals surface area contributed by atoms with Gasteiger partial charge in [-0.05, 0) is 51.1 Å². The number of carbonyl (C=O) groups excluding carboxylic acids is 1. The van der Waals surface area contributed by atoms with Crippen molar-refractivity contribution < 1.29 is 13.2 Å². The minimum absolute atomic E-state index is 0.172. The molecule has 0 unspecified atom stereocenters. The highest BCUT2D eigenvalue weighted by atomic mass is 32.2. The second-order valence-corrected chi connectivity index (χ2v) is 7.22. The minimum Gasteiger partial charge on any atom is -0.348 e. The van der Waals surface area contributed by atoms with E-state index < -0.39 is 10.0 Å². The first-order valence-electron chi connectivity index (χ1n) is 6.74. The molecule has 1 aromatic carbocycles. The fourth-order valence-electron chi connectivity index (χ4n) is 1.51. The van der Waals surface area contributed by atoms with Crippen molar-refractivity contribution in [2.45, 2.75) is 37.6 Å². The maximum atomic E-state index is 11.8. The third-order valence-corrected chi connectivity index (χ3v) is 4.66. The molecule has 0 aliphatic rings. The predicted molar refractivity (Wildman–Crippen MR) is 84.2 cm³/mol. The quantitative estimate of drug-likeness (QED) is 0.788. The van der Waals surface area contributed by atoms with Crippen LogP contribution in [0.2, 0.25) is 0 Å². The summed E-state index contributed by atoms with van der Waals surface area (Å²) in [5, 5.41) is 2.89. The number of nitrogens with one attached hydrogen (secondary N) is 2. The van der Waals surface area contributed by atoms with Crippen molar-refractivity contribution >= 4 is 22.0 Å². The van der Waals surface area contributed by atoms with Crippen LogP contribution >= 0.6 is 0 Å². The molecule has 0 atom stereocenters. The van der Waals surface area contributed by atoms with Gasteiger partial charge in [0.25, 0.3) is 0 Å². The minimum atomic E-state index is -3.43. The summed E-state index contributed by atoms with van der Waals surface area (Å²) < 4.78 is 25.4. The van der Waals surface area contributed by atoms with E-state index >= 15 is 0 Å². The van der Waals surface area contributed by atoms with E-state index in [1.807, 2.05) is 20.8 Å². The second kappa shape index (κ2) is 6.87. The van der Waals surface area contributed by atoms with Crippen molar-refractivity contribution in [3.05, 3.63) is 35.9 Å². The zero-order valence-corrected chi connectivity index (χ0v) is 13.6. The molecule has 1 amide bonds. The number of rotatable bonds is 6. The maximum absolute atomic E-state index is 11.8. The van der Waals surface area contributed by atoms with Gasteiger partial charge in [-0.2, -0.15) is 0 Å². The van der Waals surface area contributed by atoms with E-state index in [9.17, 15) is 13.2 Å². The Labute approximate surface area is 126 Å². The van der Waals surface area contributed by atoms with Crippen molar-refractivity contribution in [1.29, 1.82) is 0 Å². The van der Waals surface area contributed by atoms with E-state index in [0.717, 1.165) is 12.0 Å². The van der Waals surface area contributed by atoms with Gasteiger partial charge in [-0.15, -0.1) is 0 Å². The summed E-state index contributed by atoms with van der Waals surface area (Å²) in [6, 6.07) is 6.30. The molecule has 0 aliphatic heterocycles. The molecule has 1 aromatic rings. The van der Waals surface area contributed by atoms with E-state index in [1.54, 1.807) is 18.2 Å². The second-order valence-electron chi connectivity index (χ2n) is 5.34. The molecule has 0 heterocycles. The van der Waals surface area contributed by atoms with Gasteiger partial charge in [0.1, 0.15) is 0 Å². The molecule has 0 saturated carbocycles. The Morgan fingerprint density at radius 1 is 1.24 bits per heavy atom. The van der Waals surface area contributed by atoms with Gasteiger partial charge < -0.3 is 5.32 Å². The van der Waals surface area contributed by atoms with Gasteiger partial charge >= 0.3 is 0 Å². The monoisotopic (exact) mass is 310 g/mol. The number of hydrogen-bond donors (Lipinski definition) is 2. The van der Waals surface area contributed by atoms with Crippen LogP contribution in [0.5, 0.6) is 0 Å². The van der Waals surface area contributed by atoms with Crippen LogP contribution < -0.4 is 10.0 Å². The average Bonchev–Trinajstić information content (AvgIpc) is 2.45. The van der Waals surface area contributed by atoms with Crippen LogP contribution in [-0.2, 0) is 14.8 Å². The van der Waals surface area contributed by atoms with Crippen LogP contribution in [0.25, 0.3) is 6.08 Å². The van der Waals surface area contributed by atoms with Crippen molar-refractivity contribution in [1.82, 2.24) is 10.0 Å². The number of carbonyl (C=O) groups is 1. The van der Waals surface area contributed by atoms with Crippen LogP contribution in [-0.4, -0.2) is 26.9 Å². The van der Waals surface area contributed by atoms with Crippen LogP contribution in [0, 0.1) is 0 Å². The van der Waals surface area contributed by atoms with Gasteiger partial charge in [0, 0.05) is 11.6 Å². The fourth-order valence-corrected chi connectivity index (χ4v) is 2.24. The summed E-state index contributed by atoms with van der Waals surface area (Å²) in [6.45, 7) is 5.91. The van der Waals surface area contributed by atoms with Crippen LogP contribution in [0.1, 0.15) is 32.8 Å². The van der Waals surface area contributed by atoms with Gasteiger partial charge in [-0.1, -0.05) is 19.1 Å². The highest BCUT2D eigenvalue weighted by Crippen LogP contribution is 2.11. The first kappa shape index (κ1) is 17.4. The Balaban J connectivity index is 2.77. The lowest BCUT2D eigenvalue weighted by atomic mass is 10.0. The summed E-state index contributed by atoms with van der Waals surface area (Å²) in [6.07, 6.45) is 3.93. The topological polar surface area (TPSA) is 75.3 Å². The largest absolute Gasteiger partial charge is 0.348 e. The van der Waals surface area contributed by atoms with E-state index in [4.69, 9.17) is 0 Å². The van der Waals surface area contributed by atoms with E-state index in [0.29, 0.717) is 0 Å². The molecule has 0 aliphatic carbocycles. The molecule has 21 heavy (non-hydrogen) atoms. The Kier molecular flexibility index (Phi) is 5.69. The molecule has 0 aromatic heterocycles. The third-order valence-electron chi connectivity index (χ3n) is 3.23. The fraction of sp³-hybridized carbons (Fsp3) is 0.400. The molecule has 116 valence electrons. The van der Waals surface area contributed by atoms with Crippen LogP contribution in [0.3, 0.4) is 0 Å². The first-order valence-corrected chi connectivity index (χ1v) is 8.22. The lowest BCUT2D eigenvalue weighted by Gasteiger charge is -2.23. The number of benzene rings is 1.